The van der Waals surface area contributed by atoms with Crippen LogP contribution in [0.1, 0.15) is 37.1 Å². The van der Waals surface area contributed by atoms with Crippen LogP contribution >= 0.6 is 0 Å². The first-order chi connectivity index (χ1) is 8.52. The lowest BCUT2D eigenvalue weighted by molar-refractivity contribution is 0.354. The van der Waals surface area contributed by atoms with Gasteiger partial charge in [0.1, 0.15) is 0 Å². The van der Waals surface area contributed by atoms with Gasteiger partial charge in [0.05, 0.1) is 5.69 Å². The zero-order chi connectivity index (χ0) is 13.3. The Kier molecular flexibility index (Phi) is 3.85. The summed E-state index contributed by atoms with van der Waals surface area (Å²) in [5.74, 6) is 2.42. The molecule has 1 saturated heterocycles. The molecule has 100 valence electrons. The summed E-state index contributed by atoms with van der Waals surface area (Å²) < 4.78 is 0. The summed E-state index contributed by atoms with van der Waals surface area (Å²) in [4.78, 5) is 2.36. The van der Waals surface area contributed by atoms with Crippen molar-refractivity contribution >= 4 is 5.82 Å². The number of aromatic nitrogens is 2. The third kappa shape index (κ3) is 2.48. The van der Waals surface area contributed by atoms with Crippen molar-refractivity contribution in [2.45, 2.75) is 40.7 Å². The van der Waals surface area contributed by atoms with Crippen LogP contribution in [0.25, 0.3) is 0 Å². The van der Waals surface area contributed by atoms with Crippen molar-refractivity contribution in [1.29, 1.82) is 0 Å². The van der Waals surface area contributed by atoms with Gasteiger partial charge in [-0.3, -0.25) is 0 Å². The molecule has 0 bridgehead atoms. The number of piperidine rings is 1. The molecule has 2 unspecified atom stereocenters. The third-order valence-electron chi connectivity index (χ3n) is 3.93. The van der Waals surface area contributed by atoms with Gasteiger partial charge in [0.2, 0.25) is 0 Å². The molecular weight excluding hydrogens is 224 g/mol. The van der Waals surface area contributed by atoms with E-state index in [0.29, 0.717) is 18.4 Å². The van der Waals surface area contributed by atoms with Gasteiger partial charge in [0.25, 0.3) is 0 Å². The smallest absolute Gasteiger partial charge is 0.156 e. The van der Waals surface area contributed by atoms with Crippen LogP contribution in [-0.4, -0.2) is 23.3 Å². The molecule has 0 amide bonds. The van der Waals surface area contributed by atoms with Gasteiger partial charge in [0, 0.05) is 25.2 Å². The van der Waals surface area contributed by atoms with Crippen LogP contribution in [0.3, 0.4) is 0 Å². The van der Waals surface area contributed by atoms with Crippen molar-refractivity contribution < 1.29 is 0 Å². The minimum Gasteiger partial charge on any atom is -0.354 e. The molecule has 1 fully saturated rings. The van der Waals surface area contributed by atoms with Gasteiger partial charge in [-0.05, 0) is 37.7 Å². The third-order valence-corrected chi connectivity index (χ3v) is 3.93. The summed E-state index contributed by atoms with van der Waals surface area (Å²) in [5, 5.41) is 8.66. The second-order valence-electron chi connectivity index (χ2n) is 5.77. The topological polar surface area (TPSA) is 55.0 Å². The average molecular weight is 248 g/mol. The summed E-state index contributed by atoms with van der Waals surface area (Å²) in [5.41, 5.74) is 9.23. The number of nitrogens with zero attached hydrogens (tertiary/aromatic N) is 3. The van der Waals surface area contributed by atoms with E-state index in [-0.39, 0.29) is 0 Å². The zero-order valence-electron chi connectivity index (χ0n) is 11.9. The van der Waals surface area contributed by atoms with E-state index < -0.39 is 0 Å². The molecule has 4 nitrogen and oxygen atoms in total. The Balaban J connectivity index is 2.35. The molecular formula is C14H24N4. The lowest BCUT2D eigenvalue weighted by Crippen LogP contribution is -2.40. The normalized spacial score (nSPS) is 24.4. The van der Waals surface area contributed by atoms with Crippen LogP contribution in [0.15, 0.2) is 0 Å². The van der Waals surface area contributed by atoms with E-state index in [1.807, 2.05) is 6.92 Å². The van der Waals surface area contributed by atoms with Crippen molar-refractivity contribution in [2.75, 3.05) is 18.0 Å². The van der Waals surface area contributed by atoms with Crippen LogP contribution in [0, 0.1) is 25.7 Å². The number of hydrogen-bond donors (Lipinski definition) is 1. The van der Waals surface area contributed by atoms with Gasteiger partial charge in [-0.25, -0.2) is 0 Å². The molecule has 4 heteroatoms. The standard InChI is InChI=1S/C14H24N4/c1-9-5-10(2)8-18(7-9)14-13(6-15)11(3)12(4)16-17-14/h9-10H,5-8,15H2,1-4H3. The Morgan fingerprint density at radius 3 is 2.33 bits per heavy atom. The van der Waals surface area contributed by atoms with Crippen LogP contribution in [0.4, 0.5) is 5.82 Å². The molecule has 2 rings (SSSR count). The zero-order valence-corrected chi connectivity index (χ0v) is 11.9. The Morgan fingerprint density at radius 2 is 1.78 bits per heavy atom. The first kappa shape index (κ1) is 13.3. The minimum atomic E-state index is 0.538. The highest BCUT2D eigenvalue weighted by Crippen LogP contribution is 2.28. The van der Waals surface area contributed by atoms with Gasteiger partial charge in [-0.1, -0.05) is 13.8 Å². The molecule has 2 heterocycles. The highest BCUT2D eigenvalue weighted by Gasteiger charge is 2.25. The Labute approximate surface area is 110 Å². The van der Waals surface area contributed by atoms with E-state index in [2.05, 4.69) is 35.9 Å². The predicted octanol–water partition coefficient (Wildman–Crippen LogP) is 2.03. The minimum absolute atomic E-state index is 0.538. The van der Waals surface area contributed by atoms with Gasteiger partial charge >= 0.3 is 0 Å². The van der Waals surface area contributed by atoms with Crippen molar-refractivity contribution in [3.63, 3.8) is 0 Å². The van der Waals surface area contributed by atoms with Crippen molar-refractivity contribution in [3.05, 3.63) is 16.8 Å². The van der Waals surface area contributed by atoms with E-state index in [1.165, 1.54) is 12.0 Å². The summed E-state index contributed by atoms with van der Waals surface area (Å²) in [6, 6.07) is 0. The fraction of sp³-hybridized carbons (Fsp3) is 0.714. The second kappa shape index (κ2) is 5.22. The molecule has 2 N–H and O–H groups in total. The van der Waals surface area contributed by atoms with Crippen molar-refractivity contribution in [2.24, 2.45) is 17.6 Å². The lowest BCUT2D eigenvalue weighted by Gasteiger charge is -2.36. The van der Waals surface area contributed by atoms with E-state index in [1.54, 1.807) is 0 Å². The van der Waals surface area contributed by atoms with Crippen molar-refractivity contribution in [3.8, 4) is 0 Å². The monoisotopic (exact) mass is 248 g/mol. The van der Waals surface area contributed by atoms with E-state index >= 15 is 0 Å². The van der Waals surface area contributed by atoms with Gasteiger partial charge in [0.15, 0.2) is 5.82 Å². The largest absolute Gasteiger partial charge is 0.354 e. The SMILES string of the molecule is Cc1nnc(N2CC(C)CC(C)C2)c(CN)c1C. The van der Waals surface area contributed by atoms with Gasteiger partial charge in [-0.2, -0.15) is 5.10 Å². The fourth-order valence-corrected chi connectivity index (χ4v) is 2.98. The Bertz CT molecular complexity index is 420. The molecule has 0 saturated carbocycles. The maximum Gasteiger partial charge on any atom is 0.156 e. The summed E-state index contributed by atoms with van der Waals surface area (Å²) >= 11 is 0. The number of hydrogen-bond acceptors (Lipinski definition) is 4. The molecule has 1 aliphatic rings. The van der Waals surface area contributed by atoms with E-state index in [4.69, 9.17) is 5.73 Å². The first-order valence-electron chi connectivity index (χ1n) is 6.80. The Morgan fingerprint density at radius 1 is 1.17 bits per heavy atom. The van der Waals surface area contributed by atoms with Crippen LogP contribution in [-0.2, 0) is 6.54 Å². The molecule has 0 spiro atoms. The maximum absolute atomic E-state index is 5.90. The molecule has 1 aromatic rings. The van der Waals surface area contributed by atoms with Crippen LogP contribution < -0.4 is 10.6 Å². The summed E-state index contributed by atoms with van der Waals surface area (Å²) in [6.45, 7) is 11.4. The molecule has 18 heavy (non-hydrogen) atoms. The predicted molar refractivity (Wildman–Crippen MR) is 74.6 cm³/mol. The van der Waals surface area contributed by atoms with E-state index in [0.717, 1.165) is 30.2 Å². The first-order valence-corrected chi connectivity index (χ1v) is 6.80. The number of nitrogens with two attached hydrogens (primary N) is 1. The molecule has 0 radical (unpaired) electrons. The second-order valence-corrected chi connectivity index (χ2v) is 5.77. The number of anilines is 1. The molecule has 2 atom stereocenters. The highest BCUT2D eigenvalue weighted by atomic mass is 15.3. The van der Waals surface area contributed by atoms with Crippen LogP contribution in [0.2, 0.25) is 0 Å². The van der Waals surface area contributed by atoms with Gasteiger partial charge < -0.3 is 10.6 Å². The maximum atomic E-state index is 5.90. The van der Waals surface area contributed by atoms with E-state index in [9.17, 15) is 0 Å². The quantitative estimate of drug-likeness (QED) is 0.870. The lowest BCUT2D eigenvalue weighted by atomic mass is 9.91. The summed E-state index contributed by atoms with van der Waals surface area (Å²) in [6.07, 6.45) is 1.30. The van der Waals surface area contributed by atoms with Crippen molar-refractivity contribution in [1.82, 2.24) is 10.2 Å². The molecule has 1 aromatic heterocycles. The molecule has 1 aliphatic heterocycles. The van der Waals surface area contributed by atoms with Crippen LogP contribution in [0.5, 0.6) is 0 Å². The van der Waals surface area contributed by atoms with Gasteiger partial charge in [-0.15, -0.1) is 5.10 Å². The summed E-state index contributed by atoms with van der Waals surface area (Å²) in [7, 11) is 0. The average Bonchev–Trinajstić information content (AvgIpc) is 2.31. The number of aryl methyl sites for hydroxylation is 1. The highest BCUT2D eigenvalue weighted by molar-refractivity contribution is 5.51. The fourth-order valence-electron chi connectivity index (χ4n) is 2.98. The number of rotatable bonds is 2. The molecule has 0 aliphatic carbocycles. The molecule has 0 aromatic carbocycles. The Hall–Kier alpha value is -1.16.